The van der Waals surface area contributed by atoms with E-state index in [1.54, 1.807) is 4.90 Å². The number of aromatic nitrogens is 1. The van der Waals surface area contributed by atoms with Crippen molar-refractivity contribution in [2.24, 2.45) is 0 Å². The maximum atomic E-state index is 12.3. The van der Waals surface area contributed by atoms with Crippen molar-refractivity contribution < 1.29 is 4.79 Å². The molecular formula is C16H26N4O. The van der Waals surface area contributed by atoms with E-state index in [0.29, 0.717) is 0 Å². The van der Waals surface area contributed by atoms with Gasteiger partial charge in [0.05, 0.1) is 0 Å². The van der Waals surface area contributed by atoms with Crippen molar-refractivity contribution in [3.8, 4) is 0 Å². The summed E-state index contributed by atoms with van der Waals surface area (Å²) in [5.41, 5.74) is 0.632. The highest BCUT2D eigenvalue weighted by molar-refractivity contribution is 5.90. The van der Waals surface area contributed by atoms with Crippen LogP contribution in [0, 0.1) is 0 Å². The fraction of sp³-hybridized carbons (Fsp3) is 0.625. The molecule has 5 heteroatoms. The molecule has 21 heavy (non-hydrogen) atoms. The van der Waals surface area contributed by atoms with Gasteiger partial charge in [-0.25, -0.2) is 4.98 Å². The Morgan fingerprint density at radius 2 is 2.10 bits per heavy atom. The van der Waals surface area contributed by atoms with Gasteiger partial charge >= 0.3 is 0 Å². The molecular weight excluding hydrogens is 264 g/mol. The smallest absolute Gasteiger partial charge is 0.247 e. The van der Waals surface area contributed by atoms with E-state index < -0.39 is 5.54 Å². The van der Waals surface area contributed by atoms with Crippen molar-refractivity contribution in [3.05, 3.63) is 23.9 Å². The van der Waals surface area contributed by atoms with E-state index in [1.807, 2.05) is 33.2 Å². The number of carbonyl (C=O) groups is 1. The molecule has 1 aromatic heterocycles. The average molecular weight is 290 g/mol. The fourth-order valence-corrected chi connectivity index (χ4v) is 2.70. The number of rotatable bonds is 5. The third kappa shape index (κ3) is 3.35. The van der Waals surface area contributed by atoms with Crippen LogP contribution in [0.4, 0.5) is 5.82 Å². The Morgan fingerprint density at radius 3 is 2.71 bits per heavy atom. The third-order valence-electron chi connectivity index (χ3n) is 4.05. The van der Waals surface area contributed by atoms with E-state index in [1.165, 1.54) is 5.56 Å². The second-order valence-corrected chi connectivity index (χ2v) is 6.14. The topological polar surface area (TPSA) is 48.5 Å². The van der Waals surface area contributed by atoms with E-state index in [4.69, 9.17) is 0 Å². The van der Waals surface area contributed by atoms with Gasteiger partial charge in [-0.3, -0.25) is 4.79 Å². The monoisotopic (exact) mass is 290 g/mol. The lowest BCUT2D eigenvalue weighted by Crippen LogP contribution is -2.62. The van der Waals surface area contributed by atoms with Crippen molar-refractivity contribution in [2.75, 3.05) is 31.6 Å². The molecule has 5 nitrogen and oxygen atoms in total. The number of amides is 1. The van der Waals surface area contributed by atoms with Gasteiger partial charge in [0.25, 0.3) is 0 Å². The molecule has 0 aliphatic carbocycles. The molecule has 1 aliphatic heterocycles. The Bertz CT molecular complexity index is 484. The van der Waals surface area contributed by atoms with Crippen LogP contribution in [-0.4, -0.2) is 48.0 Å². The first kappa shape index (κ1) is 15.8. The van der Waals surface area contributed by atoms with Crippen LogP contribution in [0.5, 0.6) is 0 Å². The average Bonchev–Trinajstić information content (AvgIpc) is 2.46. The molecule has 0 aromatic carbocycles. The van der Waals surface area contributed by atoms with Gasteiger partial charge in [0, 0.05) is 32.9 Å². The molecule has 1 amide bonds. The molecule has 1 N–H and O–H groups in total. The number of likely N-dealkylation sites (N-methyl/N-ethyl adjacent to an activating group) is 1. The van der Waals surface area contributed by atoms with Crippen LogP contribution in [0.15, 0.2) is 18.3 Å². The standard InChI is InChI=1S/C16H26N4O/c1-5-8-17-11-13-6-7-14(18-12-13)20-10-9-19(4)15(21)16(20,2)3/h6-7,12,17H,5,8-11H2,1-4H3. The number of carbonyl (C=O) groups excluding carboxylic acids is 1. The largest absolute Gasteiger partial charge is 0.342 e. The van der Waals surface area contributed by atoms with Crippen molar-refractivity contribution in [3.63, 3.8) is 0 Å². The Kier molecular flexibility index (Phi) is 4.83. The Hall–Kier alpha value is -1.62. The van der Waals surface area contributed by atoms with Crippen LogP contribution in [0.2, 0.25) is 0 Å². The number of pyridine rings is 1. The maximum absolute atomic E-state index is 12.3. The summed E-state index contributed by atoms with van der Waals surface area (Å²) in [6.07, 6.45) is 3.03. The lowest BCUT2D eigenvalue weighted by Gasteiger charge is -2.45. The van der Waals surface area contributed by atoms with Crippen molar-refractivity contribution in [1.82, 2.24) is 15.2 Å². The van der Waals surface area contributed by atoms with Gasteiger partial charge in [-0.2, -0.15) is 0 Å². The van der Waals surface area contributed by atoms with Gasteiger partial charge in [0.1, 0.15) is 11.4 Å². The molecule has 2 rings (SSSR count). The summed E-state index contributed by atoms with van der Waals surface area (Å²) in [5.74, 6) is 1.02. The Morgan fingerprint density at radius 1 is 1.33 bits per heavy atom. The molecule has 0 saturated carbocycles. The predicted molar refractivity (Wildman–Crippen MR) is 85.3 cm³/mol. The zero-order valence-electron chi connectivity index (χ0n) is 13.5. The zero-order chi connectivity index (χ0) is 15.5. The summed E-state index contributed by atoms with van der Waals surface area (Å²) in [6.45, 7) is 9.49. The number of piperazine rings is 1. The number of hydrogen-bond donors (Lipinski definition) is 1. The minimum atomic E-state index is -0.540. The molecule has 116 valence electrons. The molecule has 1 saturated heterocycles. The van der Waals surface area contributed by atoms with E-state index in [2.05, 4.69) is 28.2 Å². The predicted octanol–water partition coefficient (Wildman–Crippen LogP) is 1.64. The van der Waals surface area contributed by atoms with E-state index in [0.717, 1.165) is 38.4 Å². The molecule has 1 aromatic rings. The van der Waals surface area contributed by atoms with Crippen molar-refractivity contribution in [2.45, 2.75) is 39.3 Å². The number of hydrogen-bond acceptors (Lipinski definition) is 4. The lowest BCUT2D eigenvalue weighted by atomic mass is 9.98. The molecule has 2 heterocycles. The van der Waals surface area contributed by atoms with E-state index in [-0.39, 0.29) is 5.91 Å². The third-order valence-corrected chi connectivity index (χ3v) is 4.05. The van der Waals surface area contributed by atoms with Crippen LogP contribution in [0.1, 0.15) is 32.8 Å². The van der Waals surface area contributed by atoms with Gasteiger partial charge in [-0.15, -0.1) is 0 Å². The molecule has 0 atom stereocenters. The first-order valence-electron chi connectivity index (χ1n) is 7.65. The molecule has 1 fully saturated rings. The second kappa shape index (κ2) is 6.43. The van der Waals surface area contributed by atoms with Crippen LogP contribution in [-0.2, 0) is 11.3 Å². The highest BCUT2D eigenvalue weighted by Crippen LogP contribution is 2.26. The van der Waals surface area contributed by atoms with Crippen LogP contribution >= 0.6 is 0 Å². The number of nitrogens with one attached hydrogen (secondary N) is 1. The highest BCUT2D eigenvalue weighted by Gasteiger charge is 2.40. The summed E-state index contributed by atoms with van der Waals surface area (Å²) < 4.78 is 0. The summed E-state index contributed by atoms with van der Waals surface area (Å²) in [5, 5.41) is 3.37. The quantitative estimate of drug-likeness (QED) is 0.838. The molecule has 0 unspecified atom stereocenters. The van der Waals surface area contributed by atoms with Gasteiger partial charge < -0.3 is 15.1 Å². The van der Waals surface area contributed by atoms with Crippen LogP contribution in [0.3, 0.4) is 0 Å². The Balaban J connectivity index is 2.09. The van der Waals surface area contributed by atoms with Gasteiger partial charge in [0.15, 0.2) is 0 Å². The number of anilines is 1. The molecule has 1 aliphatic rings. The number of nitrogens with zero attached hydrogens (tertiary/aromatic N) is 3. The van der Waals surface area contributed by atoms with Crippen LogP contribution < -0.4 is 10.2 Å². The summed E-state index contributed by atoms with van der Waals surface area (Å²) in [4.78, 5) is 20.8. The molecule has 0 bridgehead atoms. The summed E-state index contributed by atoms with van der Waals surface area (Å²) in [6, 6.07) is 4.10. The van der Waals surface area contributed by atoms with Gasteiger partial charge in [-0.1, -0.05) is 13.0 Å². The first-order valence-corrected chi connectivity index (χ1v) is 7.65. The minimum absolute atomic E-state index is 0.143. The van der Waals surface area contributed by atoms with E-state index >= 15 is 0 Å². The Labute approximate surface area is 127 Å². The maximum Gasteiger partial charge on any atom is 0.247 e. The molecule has 0 radical (unpaired) electrons. The van der Waals surface area contributed by atoms with Gasteiger partial charge in [0.2, 0.25) is 5.91 Å². The van der Waals surface area contributed by atoms with Crippen molar-refractivity contribution >= 4 is 11.7 Å². The summed E-state index contributed by atoms with van der Waals surface area (Å²) in [7, 11) is 1.86. The van der Waals surface area contributed by atoms with Gasteiger partial charge in [-0.05, 0) is 38.4 Å². The lowest BCUT2D eigenvalue weighted by molar-refractivity contribution is -0.136. The summed E-state index contributed by atoms with van der Waals surface area (Å²) >= 11 is 0. The van der Waals surface area contributed by atoms with Crippen molar-refractivity contribution in [1.29, 1.82) is 0 Å². The first-order chi connectivity index (χ1) is 9.96. The minimum Gasteiger partial charge on any atom is -0.342 e. The zero-order valence-corrected chi connectivity index (χ0v) is 13.5. The normalized spacial score (nSPS) is 18.2. The highest BCUT2D eigenvalue weighted by atomic mass is 16.2. The van der Waals surface area contributed by atoms with Crippen LogP contribution in [0.25, 0.3) is 0 Å². The fourth-order valence-electron chi connectivity index (χ4n) is 2.70. The SMILES string of the molecule is CCCNCc1ccc(N2CCN(C)C(=O)C2(C)C)nc1. The second-order valence-electron chi connectivity index (χ2n) is 6.14. The van der Waals surface area contributed by atoms with E-state index in [9.17, 15) is 4.79 Å². The molecule has 0 spiro atoms.